The molecule has 0 spiro atoms. The minimum Gasteiger partial charge on any atom is -0.497 e. The normalized spacial score (nSPS) is 21.7. The van der Waals surface area contributed by atoms with Gasteiger partial charge in [0, 0.05) is 29.3 Å². The quantitative estimate of drug-likeness (QED) is 0.588. The maximum absolute atomic E-state index is 13.7. The molecular weight excluding hydrogens is 446 g/mol. The zero-order chi connectivity index (χ0) is 25.1. The van der Waals surface area contributed by atoms with E-state index in [0.717, 1.165) is 22.6 Å². The van der Waals surface area contributed by atoms with Crippen LogP contribution in [-0.2, 0) is 14.3 Å². The molecular formula is C28H31NO6. The van der Waals surface area contributed by atoms with Crippen molar-refractivity contribution in [1.82, 2.24) is 5.32 Å². The highest BCUT2D eigenvalue weighted by molar-refractivity contribution is 6.01. The molecule has 1 aliphatic carbocycles. The predicted molar refractivity (Wildman–Crippen MR) is 132 cm³/mol. The number of allylic oxidation sites excluding steroid dienone is 2. The average molecular weight is 478 g/mol. The van der Waals surface area contributed by atoms with Crippen molar-refractivity contribution in [2.24, 2.45) is 5.92 Å². The summed E-state index contributed by atoms with van der Waals surface area (Å²) in [6, 6.07) is 13.3. The van der Waals surface area contributed by atoms with Gasteiger partial charge in [-0.05, 0) is 54.7 Å². The number of ether oxygens (including phenoxy) is 4. The van der Waals surface area contributed by atoms with Crippen LogP contribution < -0.4 is 19.5 Å². The van der Waals surface area contributed by atoms with Crippen molar-refractivity contribution in [3.05, 3.63) is 77.1 Å². The number of hydrogen-bond donors (Lipinski definition) is 1. The first-order valence-electron chi connectivity index (χ1n) is 11.7. The van der Waals surface area contributed by atoms with E-state index in [1.807, 2.05) is 36.4 Å². The Balaban J connectivity index is 1.79. The van der Waals surface area contributed by atoms with Crippen molar-refractivity contribution < 1.29 is 28.5 Å². The van der Waals surface area contributed by atoms with Gasteiger partial charge in [-0.1, -0.05) is 24.8 Å². The minimum atomic E-state index is -0.742. The Kier molecular flexibility index (Phi) is 7.15. The largest absolute Gasteiger partial charge is 0.497 e. The van der Waals surface area contributed by atoms with E-state index >= 15 is 0 Å². The van der Waals surface area contributed by atoms with Gasteiger partial charge < -0.3 is 24.3 Å². The second-order valence-corrected chi connectivity index (χ2v) is 8.67. The third kappa shape index (κ3) is 4.63. The van der Waals surface area contributed by atoms with Gasteiger partial charge in [0.15, 0.2) is 17.3 Å². The van der Waals surface area contributed by atoms with Crippen LogP contribution in [0.2, 0.25) is 0 Å². The molecule has 0 bridgehead atoms. The lowest BCUT2D eigenvalue weighted by molar-refractivity contribution is -0.147. The molecule has 1 N–H and O–H groups in total. The molecule has 7 heteroatoms. The maximum atomic E-state index is 13.7. The first kappa shape index (κ1) is 24.4. The van der Waals surface area contributed by atoms with E-state index in [1.54, 1.807) is 34.3 Å². The molecule has 0 radical (unpaired) electrons. The van der Waals surface area contributed by atoms with Gasteiger partial charge in [0.2, 0.25) is 0 Å². The molecule has 2 aromatic rings. The molecule has 184 valence electrons. The van der Waals surface area contributed by atoms with Crippen molar-refractivity contribution >= 4 is 11.8 Å². The monoisotopic (exact) mass is 477 g/mol. The number of hydrogen-bond acceptors (Lipinski definition) is 7. The number of carbonyl (C=O) groups excluding carboxylic acids is 2. The fourth-order valence-electron chi connectivity index (χ4n) is 5.08. The number of Topliss-reactive ketones (excluding diaryl/α,β-unsaturated/α-hetero) is 1. The van der Waals surface area contributed by atoms with Gasteiger partial charge in [-0.25, -0.2) is 0 Å². The Morgan fingerprint density at radius 1 is 0.971 bits per heavy atom. The Bertz CT molecular complexity index is 1170. The van der Waals surface area contributed by atoms with Gasteiger partial charge in [0.05, 0.1) is 27.9 Å². The summed E-state index contributed by atoms with van der Waals surface area (Å²) in [5.41, 5.74) is 3.75. The van der Waals surface area contributed by atoms with Crippen LogP contribution in [0, 0.1) is 5.92 Å². The van der Waals surface area contributed by atoms with Gasteiger partial charge in [-0.15, -0.1) is 0 Å². The van der Waals surface area contributed by atoms with Crippen LogP contribution in [0.1, 0.15) is 42.7 Å². The minimum absolute atomic E-state index is 0.00107. The first-order chi connectivity index (χ1) is 16.9. The highest BCUT2D eigenvalue weighted by Crippen LogP contribution is 2.48. The van der Waals surface area contributed by atoms with Crippen molar-refractivity contribution in [1.29, 1.82) is 0 Å². The summed E-state index contributed by atoms with van der Waals surface area (Å²) in [4.78, 5) is 26.7. The Hall–Kier alpha value is -3.74. The van der Waals surface area contributed by atoms with E-state index in [1.165, 1.54) is 0 Å². The molecule has 0 fully saturated rings. The lowest BCUT2D eigenvalue weighted by Crippen LogP contribution is -2.42. The summed E-state index contributed by atoms with van der Waals surface area (Å²) in [5.74, 6) is 0.180. The summed E-state index contributed by atoms with van der Waals surface area (Å²) < 4.78 is 21.5. The highest BCUT2D eigenvalue weighted by atomic mass is 16.5. The maximum Gasteiger partial charge on any atom is 0.315 e. The molecule has 0 amide bonds. The fraction of sp³-hybridized carbons (Fsp3) is 0.357. The molecule has 0 saturated carbocycles. The van der Waals surface area contributed by atoms with Crippen LogP contribution >= 0.6 is 0 Å². The van der Waals surface area contributed by atoms with Gasteiger partial charge in [0.1, 0.15) is 11.7 Å². The van der Waals surface area contributed by atoms with Crippen molar-refractivity contribution in [2.75, 3.05) is 27.9 Å². The van der Waals surface area contributed by atoms with E-state index in [4.69, 9.17) is 18.9 Å². The van der Waals surface area contributed by atoms with Crippen molar-refractivity contribution in [3.8, 4) is 17.2 Å². The molecule has 3 atom stereocenters. The summed E-state index contributed by atoms with van der Waals surface area (Å²) in [7, 11) is 4.75. The molecule has 1 heterocycles. The molecule has 2 aliphatic rings. The highest BCUT2D eigenvalue weighted by Gasteiger charge is 2.45. The van der Waals surface area contributed by atoms with E-state index < -0.39 is 17.8 Å². The van der Waals surface area contributed by atoms with Crippen molar-refractivity contribution in [2.45, 2.75) is 31.6 Å². The Labute approximate surface area is 205 Å². The molecule has 0 aromatic heterocycles. The van der Waals surface area contributed by atoms with Gasteiger partial charge >= 0.3 is 5.97 Å². The average Bonchev–Trinajstić information content (AvgIpc) is 2.87. The van der Waals surface area contributed by atoms with E-state index in [9.17, 15) is 9.59 Å². The van der Waals surface area contributed by atoms with Gasteiger partial charge in [-0.2, -0.15) is 0 Å². The van der Waals surface area contributed by atoms with Crippen LogP contribution in [0.3, 0.4) is 0 Å². The van der Waals surface area contributed by atoms with Crippen LogP contribution in [-0.4, -0.2) is 39.7 Å². The number of benzene rings is 2. The van der Waals surface area contributed by atoms with Crippen LogP contribution in [0.15, 0.2) is 66.0 Å². The van der Waals surface area contributed by atoms with Crippen LogP contribution in [0.25, 0.3) is 0 Å². The van der Waals surface area contributed by atoms with E-state index in [2.05, 4.69) is 11.9 Å². The molecule has 1 aliphatic heterocycles. The fourth-order valence-corrected chi connectivity index (χ4v) is 5.08. The summed E-state index contributed by atoms with van der Waals surface area (Å²) in [5, 5.41) is 3.29. The van der Waals surface area contributed by atoms with E-state index in [0.29, 0.717) is 35.6 Å². The number of rotatable bonds is 7. The molecule has 7 nitrogen and oxygen atoms in total. The zero-order valence-corrected chi connectivity index (χ0v) is 20.6. The van der Waals surface area contributed by atoms with Crippen molar-refractivity contribution in [3.63, 3.8) is 0 Å². The van der Waals surface area contributed by atoms with Crippen LogP contribution in [0.5, 0.6) is 17.2 Å². The third-order valence-electron chi connectivity index (χ3n) is 6.73. The summed E-state index contributed by atoms with van der Waals surface area (Å²) in [6.45, 7) is 6.16. The van der Waals surface area contributed by atoms with Crippen LogP contribution in [0.4, 0.5) is 0 Å². The summed E-state index contributed by atoms with van der Waals surface area (Å²) in [6.07, 6.45) is 0.977. The first-order valence-corrected chi connectivity index (χ1v) is 11.7. The summed E-state index contributed by atoms with van der Waals surface area (Å²) >= 11 is 0. The van der Waals surface area contributed by atoms with Gasteiger partial charge in [-0.3, -0.25) is 9.59 Å². The Morgan fingerprint density at radius 2 is 1.66 bits per heavy atom. The smallest absolute Gasteiger partial charge is 0.315 e. The Morgan fingerprint density at radius 3 is 2.29 bits per heavy atom. The number of esters is 1. The predicted octanol–water partition coefficient (Wildman–Crippen LogP) is 4.49. The standard InChI is InChI=1S/C28H31NO6/c1-6-35-28(31)25-16(2)29-21-13-19(17-7-10-20(32-3)11-8-17)14-22(30)27(21)26(25)18-9-12-23(33-4)24(15-18)34-5/h7-12,15,19,25-26,29H,2,6,13-14H2,1,3-5H3. The lowest BCUT2D eigenvalue weighted by atomic mass is 9.69. The van der Waals surface area contributed by atoms with Gasteiger partial charge in [0.25, 0.3) is 0 Å². The topological polar surface area (TPSA) is 83.1 Å². The second-order valence-electron chi connectivity index (χ2n) is 8.67. The third-order valence-corrected chi connectivity index (χ3v) is 6.73. The molecule has 0 saturated heterocycles. The number of methoxy groups -OCH3 is 3. The molecule has 35 heavy (non-hydrogen) atoms. The molecule has 4 rings (SSSR count). The second kappa shape index (κ2) is 10.3. The molecule has 2 aromatic carbocycles. The SMILES string of the molecule is C=C1NC2=C(C(=O)CC(c3ccc(OC)cc3)C2)C(c2ccc(OC)c(OC)c2)C1C(=O)OCC. The number of carbonyl (C=O) groups is 2. The molecule has 3 unspecified atom stereocenters. The number of nitrogens with one attached hydrogen (secondary N) is 1. The zero-order valence-electron chi connectivity index (χ0n) is 20.6. The number of ketones is 1. The lowest BCUT2D eigenvalue weighted by Gasteiger charge is -2.40. The van der Waals surface area contributed by atoms with E-state index in [-0.39, 0.29) is 18.3 Å².